The number of furan rings is 1. The van der Waals surface area contributed by atoms with Crippen molar-refractivity contribution in [3.8, 4) is 22.5 Å². The number of hydrogen-bond acceptors (Lipinski definition) is 4. The molecule has 0 saturated heterocycles. The topological polar surface area (TPSA) is 51.8 Å². The third-order valence-electron chi connectivity index (χ3n) is 6.03. The smallest absolute Gasteiger partial charge is 0.130 e. The Morgan fingerprint density at radius 1 is 0.649 bits per heavy atom. The van der Waals surface area contributed by atoms with Gasteiger partial charge in [-0.1, -0.05) is 47.3 Å². The fraction of sp³-hybridized carbons (Fsp3) is 0.0312. The van der Waals surface area contributed by atoms with Gasteiger partial charge in [-0.15, -0.1) is 54.1 Å². The van der Waals surface area contributed by atoms with Crippen molar-refractivity contribution in [1.29, 1.82) is 0 Å². The minimum absolute atomic E-state index is 0. The Hall–Kier alpha value is -4.18. The van der Waals surface area contributed by atoms with Crippen molar-refractivity contribution in [2.24, 2.45) is 0 Å². The van der Waals surface area contributed by atoms with E-state index < -0.39 is 0 Å². The summed E-state index contributed by atoms with van der Waals surface area (Å²) in [7, 11) is 0. The molecule has 0 unspecified atom stereocenters. The van der Waals surface area contributed by atoms with E-state index in [0.29, 0.717) is 0 Å². The standard InChI is InChI=1S/C20H11N2O.C12H10N.Ir/c1-2-10-22-18(6-1)16-5-3-4-14-15-8-7-13-9-11-21-12-17(13)20(15)23-19(14)16;1-10-7-8-12(13-9-10)11-5-3-2-4-6-11;/h1-4,6-12H;2-5,7-9H,1H3;/q2*-1;. The number of pyridine rings is 3. The van der Waals surface area contributed by atoms with Crippen molar-refractivity contribution < 1.29 is 24.5 Å². The number of fused-ring (bicyclic) bond motifs is 5. The van der Waals surface area contributed by atoms with Gasteiger partial charge in [0.15, 0.2) is 0 Å². The SMILES string of the molecule is Cc1ccc(-c2[c-]cccc2)nc1.[Ir].[c-]1ccc2c(oc3c4cnccc4ccc23)c1-c1ccccn1. The predicted octanol–water partition coefficient (Wildman–Crippen LogP) is 7.85. The van der Waals surface area contributed by atoms with Crippen molar-refractivity contribution in [2.75, 3.05) is 0 Å². The molecule has 7 aromatic rings. The Labute approximate surface area is 228 Å². The van der Waals surface area contributed by atoms with Crippen molar-refractivity contribution >= 4 is 32.7 Å². The van der Waals surface area contributed by atoms with Gasteiger partial charge in [0.1, 0.15) is 5.58 Å². The molecule has 0 amide bonds. The van der Waals surface area contributed by atoms with Gasteiger partial charge in [0.25, 0.3) is 0 Å². The van der Waals surface area contributed by atoms with Crippen LogP contribution in [0.1, 0.15) is 5.56 Å². The maximum Gasteiger partial charge on any atom is 0.130 e. The van der Waals surface area contributed by atoms with Crippen LogP contribution in [0.25, 0.3) is 55.2 Å². The Morgan fingerprint density at radius 3 is 2.32 bits per heavy atom. The van der Waals surface area contributed by atoms with E-state index in [-0.39, 0.29) is 20.1 Å². The molecule has 0 aliphatic rings. The fourth-order valence-corrected chi connectivity index (χ4v) is 4.24. The molecule has 0 atom stereocenters. The second-order valence-corrected chi connectivity index (χ2v) is 8.45. The number of rotatable bonds is 2. The first-order chi connectivity index (χ1) is 17.8. The molecular weight excluding hydrogens is 635 g/mol. The molecule has 181 valence electrons. The summed E-state index contributed by atoms with van der Waals surface area (Å²) in [5.41, 5.74) is 6.63. The molecule has 37 heavy (non-hydrogen) atoms. The van der Waals surface area contributed by atoms with Crippen LogP contribution < -0.4 is 0 Å². The number of benzene rings is 3. The van der Waals surface area contributed by atoms with Crippen molar-refractivity contribution in [3.05, 3.63) is 127 Å². The summed E-state index contributed by atoms with van der Waals surface area (Å²) in [6.07, 6.45) is 7.30. The van der Waals surface area contributed by atoms with Gasteiger partial charge < -0.3 is 14.4 Å². The Balaban J connectivity index is 0.000000172. The van der Waals surface area contributed by atoms with E-state index in [1.807, 2.05) is 86.0 Å². The summed E-state index contributed by atoms with van der Waals surface area (Å²) in [6, 6.07) is 34.3. The second kappa shape index (κ2) is 10.8. The molecule has 7 rings (SSSR count). The van der Waals surface area contributed by atoms with Gasteiger partial charge in [0, 0.05) is 55.7 Å². The molecule has 0 aliphatic carbocycles. The van der Waals surface area contributed by atoms with E-state index in [9.17, 15) is 0 Å². The second-order valence-electron chi connectivity index (χ2n) is 8.45. The van der Waals surface area contributed by atoms with E-state index in [1.165, 1.54) is 5.56 Å². The van der Waals surface area contributed by atoms with Crippen LogP contribution in [0.2, 0.25) is 0 Å². The molecule has 0 aliphatic heterocycles. The third-order valence-corrected chi connectivity index (χ3v) is 6.03. The number of hydrogen-bond donors (Lipinski definition) is 0. The summed E-state index contributed by atoms with van der Waals surface area (Å²) in [6.45, 7) is 2.03. The predicted molar refractivity (Wildman–Crippen MR) is 144 cm³/mol. The van der Waals surface area contributed by atoms with Crippen molar-refractivity contribution in [1.82, 2.24) is 15.0 Å². The van der Waals surface area contributed by atoms with Gasteiger partial charge in [-0.2, -0.15) is 0 Å². The molecule has 4 heterocycles. The van der Waals surface area contributed by atoms with Crippen molar-refractivity contribution in [3.63, 3.8) is 0 Å². The van der Waals surface area contributed by atoms with Crippen LogP contribution in [0.15, 0.2) is 114 Å². The average molecular weight is 656 g/mol. The Morgan fingerprint density at radius 2 is 1.54 bits per heavy atom. The molecule has 1 radical (unpaired) electrons. The van der Waals surface area contributed by atoms with Crippen molar-refractivity contribution in [2.45, 2.75) is 6.92 Å². The van der Waals surface area contributed by atoms with E-state index >= 15 is 0 Å². The largest absolute Gasteiger partial charge is 0.500 e. The van der Waals surface area contributed by atoms with E-state index in [2.05, 4.69) is 45.3 Å². The first-order valence-electron chi connectivity index (χ1n) is 11.7. The first kappa shape index (κ1) is 24.5. The summed E-state index contributed by atoms with van der Waals surface area (Å²) < 4.78 is 6.24. The molecule has 0 spiro atoms. The zero-order valence-electron chi connectivity index (χ0n) is 20.0. The van der Waals surface area contributed by atoms with Gasteiger partial charge in [-0.25, -0.2) is 0 Å². The Kier molecular flexibility index (Phi) is 7.18. The molecule has 4 nitrogen and oxygen atoms in total. The van der Waals surface area contributed by atoms with Gasteiger partial charge in [-0.3, -0.25) is 4.98 Å². The van der Waals surface area contributed by atoms with Crippen LogP contribution in [-0.4, -0.2) is 15.0 Å². The summed E-state index contributed by atoms with van der Waals surface area (Å²) in [5, 5.41) is 4.31. The summed E-state index contributed by atoms with van der Waals surface area (Å²) in [4.78, 5) is 13.0. The number of aryl methyl sites for hydroxylation is 1. The minimum atomic E-state index is 0. The normalized spacial score (nSPS) is 10.6. The summed E-state index contributed by atoms with van der Waals surface area (Å²) in [5.74, 6) is 0. The molecule has 5 heteroatoms. The van der Waals surface area contributed by atoms with Gasteiger partial charge in [0.05, 0.1) is 5.58 Å². The molecule has 4 aromatic heterocycles. The minimum Gasteiger partial charge on any atom is -0.500 e. The quantitative estimate of drug-likeness (QED) is 0.178. The van der Waals surface area contributed by atoms with Gasteiger partial charge in [0.2, 0.25) is 0 Å². The van der Waals surface area contributed by atoms with E-state index in [0.717, 1.165) is 55.2 Å². The van der Waals surface area contributed by atoms with Crippen LogP contribution in [0, 0.1) is 19.1 Å². The summed E-state index contributed by atoms with van der Waals surface area (Å²) >= 11 is 0. The van der Waals surface area contributed by atoms with Gasteiger partial charge >= 0.3 is 0 Å². The van der Waals surface area contributed by atoms with E-state index in [4.69, 9.17) is 4.42 Å². The van der Waals surface area contributed by atoms with Crippen LogP contribution in [0.3, 0.4) is 0 Å². The van der Waals surface area contributed by atoms with Crippen LogP contribution >= 0.6 is 0 Å². The fourth-order valence-electron chi connectivity index (χ4n) is 4.24. The zero-order valence-corrected chi connectivity index (χ0v) is 22.4. The maximum atomic E-state index is 6.24. The van der Waals surface area contributed by atoms with Crippen LogP contribution in [0.4, 0.5) is 0 Å². The average Bonchev–Trinajstić information content (AvgIpc) is 3.34. The third kappa shape index (κ3) is 4.92. The monoisotopic (exact) mass is 656 g/mol. The molecule has 0 bridgehead atoms. The molecular formula is C32H21IrN3O-2. The number of nitrogens with zero attached hydrogens (tertiary/aromatic N) is 3. The maximum absolute atomic E-state index is 6.24. The van der Waals surface area contributed by atoms with Crippen LogP contribution in [-0.2, 0) is 20.1 Å². The molecule has 0 fully saturated rings. The Bertz CT molecular complexity index is 1780. The molecule has 0 saturated carbocycles. The van der Waals surface area contributed by atoms with Gasteiger partial charge in [-0.05, 0) is 41.4 Å². The molecule has 3 aromatic carbocycles. The molecule has 0 N–H and O–H groups in total. The van der Waals surface area contributed by atoms with E-state index in [1.54, 1.807) is 12.4 Å². The number of aromatic nitrogens is 3. The van der Waals surface area contributed by atoms with Crippen LogP contribution in [0.5, 0.6) is 0 Å². The first-order valence-corrected chi connectivity index (χ1v) is 11.7. The zero-order chi connectivity index (χ0) is 24.3.